The van der Waals surface area contributed by atoms with E-state index in [-0.39, 0.29) is 18.5 Å². The molecule has 0 unspecified atom stereocenters. The Labute approximate surface area is 88.0 Å². The van der Waals surface area contributed by atoms with Crippen molar-refractivity contribution >= 4 is 11.7 Å². The van der Waals surface area contributed by atoms with Gasteiger partial charge in [-0.05, 0) is 17.7 Å². The Balaban J connectivity index is 1.84. The van der Waals surface area contributed by atoms with E-state index < -0.39 is 0 Å². The molecule has 1 aliphatic heterocycles. The molecule has 0 atom stereocenters. The second kappa shape index (κ2) is 4.31. The Morgan fingerprint density at radius 2 is 2.07 bits per heavy atom. The minimum atomic E-state index is -0.215. The van der Waals surface area contributed by atoms with Gasteiger partial charge in [0.05, 0.1) is 19.6 Å². The topological polar surface area (TPSA) is 61.6 Å². The zero-order valence-corrected chi connectivity index (χ0v) is 8.31. The molecule has 0 spiro atoms. The number of anilines is 1. The van der Waals surface area contributed by atoms with Crippen LogP contribution in [0.5, 0.6) is 0 Å². The quantitative estimate of drug-likeness (QED) is 0.587. The van der Waals surface area contributed by atoms with Crippen LogP contribution in [-0.2, 0) is 20.7 Å². The minimum Gasteiger partial charge on any atom is -0.457 e. The lowest BCUT2D eigenvalue weighted by Crippen LogP contribution is -2.38. The van der Waals surface area contributed by atoms with Crippen molar-refractivity contribution in [2.24, 2.45) is 0 Å². The smallest absolute Gasteiger partial charge is 0.310 e. The first-order valence-electron chi connectivity index (χ1n) is 4.85. The summed E-state index contributed by atoms with van der Waals surface area (Å²) in [5.41, 5.74) is 7.14. The van der Waals surface area contributed by atoms with Crippen LogP contribution >= 0.6 is 0 Å². The number of hydrogen-bond donors (Lipinski definition) is 1. The zero-order chi connectivity index (χ0) is 10.7. The number of benzene rings is 1. The van der Waals surface area contributed by atoms with Gasteiger partial charge in [-0.15, -0.1) is 0 Å². The maximum absolute atomic E-state index is 11.4. The molecule has 1 aromatic carbocycles. The molecule has 2 N–H and O–H groups in total. The first-order valence-corrected chi connectivity index (χ1v) is 4.85. The summed E-state index contributed by atoms with van der Waals surface area (Å²) in [6.07, 6.45) is 0.239. The minimum absolute atomic E-state index is 0.0497. The third kappa shape index (κ3) is 2.70. The van der Waals surface area contributed by atoms with Crippen LogP contribution in [0.3, 0.4) is 0 Å². The lowest BCUT2D eigenvalue weighted by molar-refractivity contribution is -0.171. The van der Waals surface area contributed by atoms with Gasteiger partial charge in [0.1, 0.15) is 6.10 Å². The summed E-state index contributed by atoms with van der Waals surface area (Å²) in [6, 6.07) is 7.20. The van der Waals surface area contributed by atoms with E-state index in [9.17, 15) is 4.79 Å². The highest BCUT2D eigenvalue weighted by atomic mass is 16.6. The van der Waals surface area contributed by atoms with Gasteiger partial charge in [0.15, 0.2) is 0 Å². The Hall–Kier alpha value is -1.55. The second-order valence-corrected chi connectivity index (χ2v) is 3.57. The molecule has 4 nitrogen and oxygen atoms in total. The van der Waals surface area contributed by atoms with Gasteiger partial charge >= 0.3 is 5.97 Å². The van der Waals surface area contributed by atoms with Crippen LogP contribution in [0.25, 0.3) is 0 Å². The molecule has 1 saturated heterocycles. The fraction of sp³-hybridized carbons (Fsp3) is 0.364. The summed E-state index contributed by atoms with van der Waals surface area (Å²) in [5, 5.41) is 0. The lowest BCUT2D eigenvalue weighted by Gasteiger charge is -2.25. The van der Waals surface area contributed by atoms with Crippen molar-refractivity contribution in [3.05, 3.63) is 29.8 Å². The van der Waals surface area contributed by atoms with Gasteiger partial charge in [0.25, 0.3) is 0 Å². The summed E-state index contributed by atoms with van der Waals surface area (Å²) in [7, 11) is 0. The van der Waals surface area contributed by atoms with Crippen LogP contribution in [0.2, 0.25) is 0 Å². The highest BCUT2D eigenvalue weighted by Crippen LogP contribution is 2.10. The number of esters is 1. The number of ether oxygens (including phenoxy) is 2. The summed E-state index contributed by atoms with van der Waals surface area (Å²) >= 11 is 0. The normalized spacial score (nSPS) is 15.7. The molecular weight excluding hydrogens is 194 g/mol. The summed E-state index contributed by atoms with van der Waals surface area (Å²) in [5.74, 6) is -0.215. The molecule has 0 amide bonds. The highest BCUT2D eigenvalue weighted by molar-refractivity contribution is 5.73. The third-order valence-electron chi connectivity index (χ3n) is 2.23. The lowest BCUT2D eigenvalue weighted by atomic mass is 10.1. The monoisotopic (exact) mass is 207 g/mol. The van der Waals surface area contributed by atoms with Gasteiger partial charge in [0, 0.05) is 5.69 Å². The molecule has 1 heterocycles. The molecular formula is C11H13NO3. The van der Waals surface area contributed by atoms with Crippen molar-refractivity contribution in [2.45, 2.75) is 12.5 Å². The predicted octanol–water partition coefficient (Wildman–Crippen LogP) is 0.753. The van der Waals surface area contributed by atoms with E-state index in [0.29, 0.717) is 18.9 Å². The zero-order valence-electron chi connectivity index (χ0n) is 8.31. The molecule has 1 aliphatic rings. The number of carbonyl (C=O) groups is 1. The average molecular weight is 207 g/mol. The molecule has 0 aliphatic carbocycles. The van der Waals surface area contributed by atoms with Crippen molar-refractivity contribution in [3.63, 3.8) is 0 Å². The van der Waals surface area contributed by atoms with E-state index in [1.54, 1.807) is 12.1 Å². The van der Waals surface area contributed by atoms with Crippen molar-refractivity contribution in [1.82, 2.24) is 0 Å². The Morgan fingerprint density at radius 3 is 2.60 bits per heavy atom. The first-order chi connectivity index (χ1) is 7.24. The van der Waals surface area contributed by atoms with Gasteiger partial charge in [-0.2, -0.15) is 0 Å². The molecule has 0 aromatic heterocycles. The number of nitrogens with two attached hydrogens (primary N) is 1. The molecule has 0 radical (unpaired) electrons. The average Bonchev–Trinajstić information content (AvgIpc) is 2.16. The van der Waals surface area contributed by atoms with Crippen LogP contribution < -0.4 is 5.73 Å². The number of carbonyl (C=O) groups excluding carboxylic acids is 1. The van der Waals surface area contributed by atoms with Crippen LogP contribution in [0, 0.1) is 0 Å². The number of rotatable bonds is 3. The van der Waals surface area contributed by atoms with E-state index in [1.165, 1.54) is 0 Å². The molecule has 15 heavy (non-hydrogen) atoms. The fourth-order valence-electron chi connectivity index (χ4n) is 1.31. The first kappa shape index (κ1) is 9.98. The van der Waals surface area contributed by atoms with E-state index >= 15 is 0 Å². The van der Waals surface area contributed by atoms with Gasteiger partial charge in [-0.3, -0.25) is 4.79 Å². The Kier molecular flexibility index (Phi) is 2.87. The Bertz CT molecular complexity index is 343. The molecule has 4 heteroatoms. The van der Waals surface area contributed by atoms with E-state index in [0.717, 1.165) is 5.56 Å². The van der Waals surface area contributed by atoms with Crippen molar-refractivity contribution in [3.8, 4) is 0 Å². The van der Waals surface area contributed by atoms with E-state index in [4.69, 9.17) is 15.2 Å². The van der Waals surface area contributed by atoms with Crippen LogP contribution in [0.1, 0.15) is 5.56 Å². The third-order valence-corrected chi connectivity index (χ3v) is 2.23. The van der Waals surface area contributed by atoms with Gasteiger partial charge < -0.3 is 15.2 Å². The largest absolute Gasteiger partial charge is 0.457 e. The van der Waals surface area contributed by atoms with Gasteiger partial charge in [-0.25, -0.2) is 0 Å². The molecule has 1 fully saturated rings. The number of nitrogen functional groups attached to an aromatic ring is 1. The standard InChI is InChI=1S/C11H13NO3/c12-9-3-1-8(2-4-9)5-11(13)15-10-6-14-7-10/h1-4,10H,5-7,12H2. The van der Waals surface area contributed by atoms with Crippen molar-refractivity contribution < 1.29 is 14.3 Å². The fourth-order valence-corrected chi connectivity index (χ4v) is 1.31. The molecule has 0 bridgehead atoms. The van der Waals surface area contributed by atoms with Crippen LogP contribution in [-0.4, -0.2) is 25.3 Å². The summed E-state index contributed by atoms with van der Waals surface area (Å²) in [6.45, 7) is 1.04. The van der Waals surface area contributed by atoms with Crippen molar-refractivity contribution in [2.75, 3.05) is 18.9 Å². The number of hydrogen-bond acceptors (Lipinski definition) is 4. The Morgan fingerprint density at radius 1 is 1.40 bits per heavy atom. The SMILES string of the molecule is Nc1ccc(CC(=O)OC2COC2)cc1. The molecule has 1 aromatic rings. The van der Waals surface area contributed by atoms with Crippen LogP contribution in [0.4, 0.5) is 5.69 Å². The maximum Gasteiger partial charge on any atom is 0.310 e. The summed E-state index contributed by atoms with van der Waals surface area (Å²) in [4.78, 5) is 11.4. The van der Waals surface area contributed by atoms with Crippen molar-refractivity contribution in [1.29, 1.82) is 0 Å². The maximum atomic E-state index is 11.4. The predicted molar refractivity (Wildman–Crippen MR) is 55.3 cm³/mol. The van der Waals surface area contributed by atoms with Crippen LogP contribution in [0.15, 0.2) is 24.3 Å². The highest BCUT2D eigenvalue weighted by Gasteiger charge is 2.22. The molecule has 80 valence electrons. The van der Waals surface area contributed by atoms with E-state index in [2.05, 4.69) is 0 Å². The molecule has 2 rings (SSSR count). The van der Waals surface area contributed by atoms with Gasteiger partial charge in [0.2, 0.25) is 0 Å². The molecule has 0 saturated carbocycles. The summed E-state index contributed by atoms with van der Waals surface area (Å²) < 4.78 is 10.0. The van der Waals surface area contributed by atoms with E-state index in [1.807, 2.05) is 12.1 Å². The van der Waals surface area contributed by atoms with Gasteiger partial charge in [-0.1, -0.05) is 12.1 Å². The second-order valence-electron chi connectivity index (χ2n) is 3.57.